The Kier molecular flexibility index (Phi) is 5.82. The van der Waals surface area contributed by atoms with E-state index in [1.807, 2.05) is 13.2 Å². The van der Waals surface area contributed by atoms with E-state index < -0.39 is 14.8 Å². The molecule has 0 radical (unpaired) electrons. The summed E-state index contributed by atoms with van der Waals surface area (Å²) in [5.41, 5.74) is 0.135. The van der Waals surface area contributed by atoms with Gasteiger partial charge in [0, 0.05) is 24.1 Å². The van der Waals surface area contributed by atoms with Gasteiger partial charge in [0.2, 0.25) is 0 Å². The third-order valence-electron chi connectivity index (χ3n) is 2.81. The van der Waals surface area contributed by atoms with Gasteiger partial charge in [-0.1, -0.05) is 6.92 Å². The van der Waals surface area contributed by atoms with Crippen LogP contribution in [0.15, 0.2) is 23.1 Å². The van der Waals surface area contributed by atoms with Crippen molar-refractivity contribution < 1.29 is 13.3 Å². The Hall–Kier alpha value is -1.28. The van der Waals surface area contributed by atoms with E-state index >= 15 is 0 Å². The molecule has 20 heavy (non-hydrogen) atoms. The molecule has 112 valence electrons. The number of thioether (sulfide) groups is 1. The summed E-state index contributed by atoms with van der Waals surface area (Å²) in [6.07, 6.45) is 3.82. The first-order valence-electron chi connectivity index (χ1n) is 6.03. The summed E-state index contributed by atoms with van der Waals surface area (Å²) in [4.78, 5) is 10.5. The average molecular weight is 318 g/mol. The summed E-state index contributed by atoms with van der Waals surface area (Å²) >= 11 is 1.65. The van der Waals surface area contributed by atoms with Crippen LogP contribution in [0.5, 0.6) is 0 Å². The van der Waals surface area contributed by atoms with Gasteiger partial charge in [-0.3, -0.25) is 10.1 Å². The minimum Gasteiger partial charge on any atom is -0.376 e. The minimum absolute atomic E-state index is 0.0485. The molecule has 0 bridgehead atoms. The van der Waals surface area contributed by atoms with E-state index in [4.69, 9.17) is 0 Å². The van der Waals surface area contributed by atoms with Crippen LogP contribution in [0, 0.1) is 10.1 Å². The van der Waals surface area contributed by atoms with Gasteiger partial charge in [0.15, 0.2) is 9.84 Å². The maximum atomic E-state index is 11.5. The van der Waals surface area contributed by atoms with E-state index in [-0.39, 0.29) is 16.6 Å². The van der Waals surface area contributed by atoms with Crippen molar-refractivity contribution in [3.05, 3.63) is 28.3 Å². The molecule has 1 rings (SSSR count). The number of nitrogens with one attached hydrogen (secondary N) is 1. The molecular formula is C12H18N2O4S2. The second-order valence-corrected chi connectivity index (χ2v) is 7.34. The lowest BCUT2D eigenvalue weighted by atomic mass is 10.2. The Morgan fingerprint density at radius 2 is 2.10 bits per heavy atom. The molecule has 1 unspecified atom stereocenters. The van der Waals surface area contributed by atoms with Crippen LogP contribution in [-0.4, -0.2) is 37.6 Å². The zero-order valence-electron chi connectivity index (χ0n) is 11.6. The molecule has 1 aromatic carbocycles. The van der Waals surface area contributed by atoms with Gasteiger partial charge >= 0.3 is 0 Å². The molecule has 0 aliphatic carbocycles. The van der Waals surface area contributed by atoms with Crippen LogP contribution in [0.1, 0.15) is 13.3 Å². The zero-order chi connectivity index (χ0) is 15.3. The number of sulfone groups is 1. The maximum absolute atomic E-state index is 11.5. The number of nitro benzene ring substituents is 1. The highest BCUT2D eigenvalue weighted by Gasteiger charge is 2.20. The van der Waals surface area contributed by atoms with Crippen molar-refractivity contribution in [2.45, 2.75) is 24.3 Å². The first-order chi connectivity index (χ1) is 9.29. The van der Waals surface area contributed by atoms with Crippen molar-refractivity contribution in [2.24, 2.45) is 0 Å². The Balaban J connectivity index is 3.17. The van der Waals surface area contributed by atoms with Crippen LogP contribution in [0.4, 0.5) is 11.4 Å². The number of nitrogens with zero attached hydrogens (tertiary/aromatic N) is 1. The monoisotopic (exact) mass is 318 g/mol. The predicted molar refractivity (Wildman–Crippen MR) is 82.3 cm³/mol. The van der Waals surface area contributed by atoms with E-state index in [1.165, 1.54) is 12.1 Å². The van der Waals surface area contributed by atoms with Crippen LogP contribution < -0.4 is 5.32 Å². The van der Waals surface area contributed by atoms with Gasteiger partial charge in [-0.2, -0.15) is 11.8 Å². The van der Waals surface area contributed by atoms with Gasteiger partial charge in [0.1, 0.15) is 5.69 Å². The second-order valence-electron chi connectivity index (χ2n) is 4.41. The predicted octanol–water partition coefficient (Wildman–Crippen LogP) is 2.55. The van der Waals surface area contributed by atoms with Gasteiger partial charge in [0.05, 0.1) is 9.82 Å². The molecule has 0 aromatic heterocycles. The Morgan fingerprint density at radius 1 is 1.45 bits per heavy atom. The van der Waals surface area contributed by atoms with Crippen LogP contribution in [0.2, 0.25) is 0 Å². The van der Waals surface area contributed by atoms with E-state index in [9.17, 15) is 18.5 Å². The van der Waals surface area contributed by atoms with Crippen LogP contribution in [-0.2, 0) is 9.84 Å². The standard InChI is InChI=1S/C12H18N2O4S2/c1-4-9(8-19-2)13-11-6-5-10(20(3,17)18)7-12(11)14(15)16/h5-7,9,13H,4,8H2,1-3H3. The van der Waals surface area contributed by atoms with E-state index in [1.54, 1.807) is 11.8 Å². The molecule has 0 aliphatic rings. The lowest BCUT2D eigenvalue weighted by Crippen LogP contribution is -2.21. The lowest BCUT2D eigenvalue weighted by molar-refractivity contribution is -0.384. The zero-order valence-corrected chi connectivity index (χ0v) is 13.3. The Bertz CT molecular complexity index is 587. The first-order valence-corrected chi connectivity index (χ1v) is 9.32. The molecule has 0 spiro atoms. The topological polar surface area (TPSA) is 89.3 Å². The summed E-state index contributed by atoms with van der Waals surface area (Å²) in [5, 5.41) is 14.2. The molecule has 0 heterocycles. The number of anilines is 1. The molecular weight excluding hydrogens is 300 g/mol. The summed E-state index contributed by atoms with van der Waals surface area (Å²) in [7, 11) is -3.46. The normalized spacial score (nSPS) is 12.9. The number of hydrogen-bond acceptors (Lipinski definition) is 6. The number of benzene rings is 1. The maximum Gasteiger partial charge on any atom is 0.293 e. The van der Waals surface area contributed by atoms with Gasteiger partial charge < -0.3 is 5.32 Å². The van der Waals surface area contributed by atoms with Crippen molar-refractivity contribution in [3.63, 3.8) is 0 Å². The molecule has 0 amide bonds. The molecule has 0 aliphatic heterocycles. The molecule has 1 aromatic rings. The summed E-state index contributed by atoms with van der Waals surface area (Å²) in [6, 6.07) is 4.05. The number of nitro groups is 1. The summed E-state index contributed by atoms with van der Waals surface area (Å²) in [6.45, 7) is 1.99. The molecule has 6 nitrogen and oxygen atoms in total. The SMILES string of the molecule is CCC(CSC)Nc1ccc(S(C)(=O)=O)cc1[N+](=O)[O-]. The molecule has 0 fully saturated rings. The molecule has 0 saturated heterocycles. The molecule has 1 N–H and O–H groups in total. The lowest BCUT2D eigenvalue weighted by Gasteiger charge is -2.17. The fourth-order valence-corrected chi connectivity index (χ4v) is 3.06. The van der Waals surface area contributed by atoms with Crippen molar-refractivity contribution >= 4 is 33.0 Å². The quantitative estimate of drug-likeness (QED) is 0.614. The highest BCUT2D eigenvalue weighted by Crippen LogP contribution is 2.28. The van der Waals surface area contributed by atoms with Crippen molar-refractivity contribution in [2.75, 3.05) is 23.6 Å². The average Bonchev–Trinajstić information content (AvgIpc) is 2.36. The van der Waals surface area contributed by atoms with Crippen molar-refractivity contribution in [1.82, 2.24) is 0 Å². The van der Waals surface area contributed by atoms with Crippen molar-refractivity contribution in [3.8, 4) is 0 Å². The summed E-state index contributed by atoms with van der Waals surface area (Å²) in [5.74, 6) is 0.821. The fourth-order valence-electron chi connectivity index (χ4n) is 1.70. The third-order valence-corrected chi connectivity index (χ3v) is 4.66. The van der Waals surface area contributed by atoms with Gasteiger partial charge in [-0.05, 0) is 24.8 Å². The second kappa shape index (κ2) is 6.94. The summed E-state index contributed by atoms with van der Waals surface area (Å²) < 4.78 is 22.9. The fraction of sp³-hybridized carbons (Fsp3) is 0.500. The van der Waals surface area contributed by atoms with Crippen LogP contribution >= 0.6 is 11.8 Å². The highest BCUT2D eigenvalue weighted by atomic mass is 32.2. The van der Waals surface area contributed by atoms with Gasteiger partial charge in [-0.25, -0.2) is 8.42 Å². The molecule has 1 atom stereocenters. The van der Waals surface area contributed by atoms with Crippen LogP contribution in [0.25, 0.3) is 0 Å². The molecule has 8 heteroatoms. The van der Waals surface area contributed by atoms with E-state index in [0.29, 0.717) is 5.69 Å². The van der Waals surface area contributed by atoms with Crippen molar-refractivity contribution in [1.29, 1.82) is 0 Å². The smallest absolute Gasteiger partial charge is 0.293 e. The Labute approximate surface area is 123 Å². The first kappa shape index (κ1) is 16.8. The van der Waals surface area contributed by atoms with Gasteiger partial charge in [0.25, 0.3) is 5.69 Å². The number of hydrogen-bond donors (Lipinski definition) is 1. The van der Waals surface area contributed by atoms with Crippen LogP contribution in [0.3, 0.4) is 0 Å². The largest absolute Gasteiger partial charge is 0.376 e. The minimum atomic E-state index is -3.46. The Morgan fingerprint density at radius 3 is 2.55 bits per heavy atom. The highest BCUT2D eigenvalue weighted by molar-refractivity contribution is 7.98. The van der Waals surface area contributed by atoms with Gasteiger partial charge in [-0.15, -0.1) is 0 Å². The third kappa shape index (κ3) is 4.38. The number of rotatable bonds is 7. The molecule has 0 saturated carbocycles. The van der Waals surface area contributed by atoms with E-state index in [0.717, 1.165) is 24.5 Å². The van der Waals surface area contributed by atoms with E-state index in [2.05, 4.69) is 5.32 Å².